The van der Waals surface area contributed by atoms with Crippen molar-refractivity contribution in [2.75, 3.05) is 33.0 Å². The molecular weight excluding hydrogens is 456 g/mol. The highest BCUT2D eigenvalue weighted by molar-refractivity contribution is 5.84. The Morgan fingerprint density at radius 1 is 0.686 bits per heavy atom. The normalized spacial score (nSPS) is 11.7. The molecule has 0 spiro atoms. The lowest BCUT2D eigenvalue weighted by Crippen LogP contribution is -2.41. The van der Waals surface area contributed by atoms with Crippen molar-refractivity contribution in [1.29, 1.82) is 0 Å². The first-order valence-electron chi connectivity index (χ1n) is 13.0. The predicted octanol–water partition coefficient (Wildman–Crippen LogP) is 3.27. The molecule has 0 heterocycles. The van der Waals surface area contributed by atoms with Gasteiger partial charge in [0, 0.05) is 32.4 Å². The Hall–Kier alpha value is -2.20. The number of hydrogen-bond donors (Lipinski definition) is 4. The van der Waals surface area contributed by atoms with Crippen LogP contribution < -0.4 is 10.6 Å². The molecule has 0 unspecified atom stereocenters. The van der Waals surface area contributed by atoms with Gasteiger partial charge in [0.15, 0.2) is 0 Å². The lowest BCUT2D eigenvalue weighted by atomic mass is 10.0. The van der Waals surface area contributed by atoms with Crippen molar-refractivity contribution < 1.29 is 38.9 Å². The molecule has 0 aromatic heterocycles. The third kappa shape index (κ3) is 23.3. The van der Waals surface area contributed by atoms with Crippen LogP contribution in [0.2, 0.25) is 0 Å². The molecule has 4 N–H and O–H groups in total. The molecule has 0 saturated carbocycles. The van der Waals surface area contributed by atoms with E-state index in [1.165, 1.54) is 0 Å². The smallest absolute Gasteiger partial charge is 0.326 e. The number of carboxylic acid groups (broad SMARTS) is 2. The number of rotatable bonds is 25. The monoisotopic (exact) mass is 502 g/mol. The van der Waals surface area contributed by atoms with Crippen LogP contribution in [0.25, 0.3) is 0 Å². The zero-order chi connectivity index (χ0) is 26.2. The molecule has 0 saturated heterocycles. The second-order valence-corrected chi connectivity index (χ2v) is 8.59. The minimum absolute atomic E-state index is 0.00967. The highest BCUT2D eigenvalue weighted by Gasteiger charge is 2.20. The zero-order valence-electron chi connectivity index (χ0n) is 21.4. The van der Waals surface area contributed by atoms with E-state index >= 15 is 0 Å². The van der Waals surface area contributed by atoms with Crippen molar-refractivity contribution in [3.63, 3.8) is 0 Å². The summed E-state index contributed by atoms with van der Waals surface area (Å²) in [5.74, 6) is -2.46. The molecule has 0 aromatic carbocycles. The fourth-order valence-corrected chi connectivity index (χ4v) is 3.49. The minimum Gasteiger partial charge on any atom is -0.481 e. The number of unbranched alkanes of at least 4 members (excludes halogenated alkanes) is 9. The summed E-state index contributed by atoms with van der Waals surface area (Å²) in [6, 6.07) is -1.08. The van der Waals surface area contributed by atoms with Crippen LogP contribution in [0.15, 0.2) is 0 Å². The van der Waals surface area contributed by atoms with E-state index in [1.807, 2.05) is 6.92 Å². The Morgan fingerprint density at radius 3 is 1.77 bits per heavy atom. The summed E-state index contributed by atoms with van der Waals surface area (Å²) in [5, 5.41) is 23.1. The maximum atomic E-state index is 12.1. The van der Waals surface area contributed by atoms with E-state index in [1.54, 1.807) is 0 Å². The molecule has 10 heteroatoms. The number of amides is 2. The van der Waals surface area contributed by atoms with Gasteiger partial charge in [-0.3, -0.25) is 14.4 Å². The number of aliphatic carboxylic acids is 2. The first kappa shape index (κ1) is 32.8. The Bertz CT molecular complexity index is 586. The fourth-order valence-electron chi connectivity index (χ4n) is 3.49. The largest absolute Gasteiger partial charge is 0.481 e. The molecule has 0 bridgehead atoms. The summed E-state index contributed by atoms with van der Waals surface area (Å²) in [4.78, 5) is 45.8. The summed E-state index contributed by atoms with van der Waals surface area (Å²) in [6.07, 6.45) is 10.5. The van der Waals surface area contributed by atoms with Gasteiger partial charge in [0.1, 0.15) is 6.04 Å². The predicted molar refractivity (Wildman–Crippen MR) is 132 cm³/mol. The summed E-state index contributed by atoms with van der Waals surface area (Å²) in [7, 11) is 0. The van der Waals surface area contributed by atoms with Crippen LogP contribution in [0, 0.1) is 0 Å². The first-order valence-corrected chi connectivity index (χ1v) is 13.0. The minimum atomic E-state index is -1.15. The Kier molecular flexibility index (Phi) is 22.1. The lowest BCUT2D eigenvalue weighted by molar-refractivity contribution is -0.142. The molecule has 0 fully saturated rings. The fraction of sp³-hybridized carbons (Fsp3) is 0.840. The van der Waals surface area contributed by atoms with Crippen LogP contribution in [0.1, 0.15) is 96.8 Å². The number of carbonyl (C=O) groups is 4. The molecule has 0 aromatic rings. The molecule has 0 aliphatic heterocycles. The number of nitrogens with one attached hydrogen (secondary N) is 2. The van der Waals surface area contributed by atoms with Gasteiger partial charge >= 0.3 is 11.9 Å². The molecule has 10 nitrogen and oxygen atoms in total. The van der Waals surface area contributed by atoms with Gasteiger partial charge in [-0.05, 0) is 26.2 Å². The van der Waals surface area contributed by atoms with Gasteiger partial charge in [-0.15, -0.1) is 0 Å². The van der Waals surface area contributed by atoms with Crippen LogP contribution in [-0.2, 0) is 28.7 Å². The maximum Gasteiger partial charge on any atom is 0.326 e. The second kappa shape index (κ2) is 23.5. The van der Waals surface area contributed by atoms with Crippen molar-refractivity contribution in [2.24, 2.45) is 0 Å². The quantitative estimate of drug-likeness (QED) is 0.139. The van der Waals surface area contributed by atoms with E-state index < -0.39 is 18.0 Å². The van der Waals surface area contributed by atoms with Crippen molar-refractivity contribution in [3.8, 4) is 0 Å². The van der Waals surface area contributed by atoms with Gasteiger partial charge in [0.2, 0.25) is 11.8 Å². The first-order chi connectivity index (χ1) is 16.9. The van der Waals surface area contributed by atoms with Gasteiger partial charge in [0.25, 0.3) is 0 Å². The van der Waals surface area contributed by atoms with Gasteiger partial charge in [-0.2, -0.15) is 0 Å². The molecule has 204 valence electrons. The molecule has 0 aliphatic rings. The van der Waals surface area contributed by atoms with Crippen LogP contribution in [0.3, 0.4) is 0 Å². The van der Waals surface area contributed by atoms with Gasteiger partial charge < -0.3 is 30.3 Å². The number of hydrogen-bond acceptors (Lipinski definition) is 6. The lowest BCUT2D eigenvalue weighted by Gasteiger charge is -2.14. The summed E-state index contributed by atoms with van der Waals surface area (Å²) in [5.41, 5.74) is 0. The molecule has 0 rings (SSSR count). The highest BCUT2D eigenvalue weighted by Crippen LogP contribution is 2.12. The van der Waals surface area contributed by atoms with E-state index in [9.17, 15) is 24.3 Å². The molecule has 0 aliphatic carbocycles. The summed E-state index contributed by atoms with van der Waals surface area (Å²) >= 11 is 0. The summed E-state index contributed by atoms with van der Waals surface area (Å²) < 4.78 is 10.4. The molecule has 0 radical (unpaired) electrons. The number of carbonyl (C=O) groups excluding carboxylic acids is 2. The highest BCUT2D eigenvalue weighted by atomic mass is 16.5. The molecule has 2 amide bonds. The number of carboxylic acids is 2. The Labute approximate surface area is 209 Å². The topological polar surface area (TPSA) is 151 Å². The van der Waals surface area contributed by atoms with Crippen LogP contribution >= 0.6 is 0 Å². The van der Waals surface area contributed by atoms with E-state index in [0.717, 1.165) is 57.8 Å². The van der Waals surface area contributed by atoms with Crippen molar-refractivity contribution >= 4 is 23.8 Å². The molecule has 35 heavy (non-hydrogen) atoms. The van der Waals surface area contributed by atoms with Crippen molar-refractivity contribution in [3.05, 3.63) is 0 Å². The zero-order valence-corrected chi connectivity index (χ0v) is 21.4. The van der Waals surface area contributed by atoms with E-state index in [4.69, 9.17) is 14.6 Å². The Balaban J connectivity index is 3.73. The molecule has 1 atom stereocenters. The van der Waals surface area contributed by atoms with Crippen LogP contribution in [-0.4, -0.2) is 73.0 Å². The maximum absolute atomic E-state index is 12.1. The van der Waals surface area contributed by atoms with Gasteiger partial charge in [-0.25, -0.2) is 4.79 Å². The number of ether oxygens (including phenoxy) is 2. The van der Waals surface area contributed by atoms with E-state index in [-0.39, 0.29) is 37.5 Å². The van der Waals surface area contributed by atoms with Crippen LogP contribution in [0.5, 0.6) is 0 Å². The second-order valence-electron chi connectivity index (χ2n) is 8.59. The SMILES string of the molecule is CCOCCOCCNC(=O)CC[C@H](NC(=O)CCCCCCCCCCCCC(=O)O)C(=O)O. The summed E-state index contributed by atoms with van der Waals surface area (Å²) in [6.45, 7) is 4.17. The molecular formula is C25H46N2O8. The Morgan fingerprint density at radius 2 is 1.23 bits per heavy atom. The van der Waals surface area contributed by atoms with Crippen LogP contribution in [0.4, 0.5) is 0 Å². The van der Waals surface area contributed by atoms with Gasteiger partial charge in [-0.1, -0.05) is 51.4 Å². The van der Waals surface area contributed by atoms with Crippen molar-refractivity contribution in [1.82, 2.24) is 10.6 Å². The average molecular weight is 503 g/mol. The van der Waals surface area contributed by atoms with E-state index in [0.29, 0.717) is 39.4 Å². The van der Waals surface area contributed by atoms with E-state index in [2.05, 4.69) is 10.6 Å². The standard InChI is InChI=1S/C25H46N2O8/c1-2-34-19-20-35-18-17-26-22(28)16-15-21(25(32)33)27-23(29)13-11-9-7-5-3-4-6-8-10-12-14-24(30)31/h21H,2-20H2,1H3,(H,26,28)(H,27,29)(H,30,31)(H,32,33)/t21-/m0/s1. The third-order valence-electron chi connectivity index (χ3n) is 5.48. The average Bonchev–Trinajstić information content (AvgIpc) is 2.81. The van der Waals surface area contributed by atoms with Crippen molar-refractivity contribution in [2.45, 2.75) is 103 Å². The third-order valence-corrected chi connectivity index (χ3v) is 5.48. The van der Waals surface area contributed by atoms with Gasteiger partial charge in [0.05, 0.1) is 19.8 Å².